The van der Waals surface area contributed by atoms with E-state index in [-0.39, 0.29) is 35.5 Å². The Balaban J connectivity index is 0.000000182. The van der Waals surface area contributed by atoms with Crippen molar-refractivity contribution in [3.63, 3.8) is 0 Å². The minimum absolute atomic E-state index is 0.130. The predicted molar refractivity (Wildman–Crippen MR) is 449 cm³/mol. The molecule has 0 saturated heterocycles. The topological polar surface area (TPSA) is 184 Å². The number of aliphatic hydroxyl groups excluding tert-OH is 1. The summed E-state index contributed by atoms with van der Waals surface area (Å²) in [6.45, 7) is 15.9. The van der Waals surface area contributed by atoms with E-state index in [0.29, 0.717) is 52.6 Å². The van der Waals surface area contributed by atoms with Gasteiger partial charge in [-0.25, -0.2) is 19.2 Å². The molecule has 7 aromatic carbocycles. The van der Waals surface area contributed by atoms with Crippen molar-refractivity contribution in [2.45, 2.75) is 161 Å². The zero-order chi connectivity index (χ0) is 88.5. The smallest absolute Gasteiger partial charge is 0.416 e. The molecule has 14 rings (SSSR count). The number of amides is 1. The molecule has 4 aromatic heterocycles. The van der Waals surface area contributed by atoms with Crippen LogP contribution >= 0.6 is 61.3 Å². The minimum atomic E-state index is -4.38. The van der Waals surface area contributed by atoms with Crippen molar-refractivity contribution in [3.05, 3.63) is 332 Å². The molecular weight excluding hydrogens is 1720 g/mol. The average Bonchev–Trinajstić information content (AvgIpc) is 1.61. The number of esters is 3. The van der Waals surface area contributed by atoms with Gasteiger partial charge in [0.2, 0.25) is 6.08 Å². The van der Waals surface area contributed by atoms with Gasteiger partial charge in [-0.05, 0) is 288 Å². The number of aliphatic hydroxyl groups is 1. The third kappa shape index (κ3) is 26.8. The number of methoxy groups -OCH3 is 3. The largest absolute Gasteiger partial charge is 0.465 e. The molecule has 636 valence electrons. The number of nitrogens with one attached hydrogen (secondary N) is 1. The fourth-order valence-electron chi connectivity index (χ4n) is 12.5. The van der Waals surface area contributed by atoms with Crippen LogP contribution in [0.5, 0.6) is 0 Å². The molecule has 0 aliphatic heterocycles. The van der Waals surface area contributed by atoms with Gasteiger partial charge in [-0.3, -0.25) is 4.79 Å². The third-order valence-electron chi connectivity index (χ3n) is 19.9. The molecule has 29 heteroatoms. The maximum absolute atomic E-state index is 13.4. The quantitative estimate of drug-likeness (QED) is 0.0277. The van der Waals surface area contributed by atoms with E-state index in [1.807, 2.05) is 77.1 Å². The summed E-state index contributed by atoms with van der Waals surface area (Å²) in [5, 5.41) is 11.7. The van der Waals surface area contributed by atoms with Crippen molar-refractivity contribution in [2.24, 2.45) is 10.7 Å². The second kappa shape index (κ2) is 41.2. The summed E-state index contributed by atoms with van der Waals surface area (Å²) in [6, 6.07) is 47.9. The second-order valence-corrected chi connectivity index (χ2v) is 35.4. The number of rotatable bonds is 16. The molecule has 3 saturated carbocycles. The number of alkyl halides is 12. The Bertz CT molecular complexity index is 5310. The Kier molecular flexibility index (Phi) is 32.8. The fourth-order valence-corrected chi connectivity index (χ4v) is 17.1. The average molecular weight is 1800 g/mol. The van der Waals surface area contributed by atoms with E-state index in [0.717, 1.165) is 140 Å². The number of aliphatic imine (C=N–C) groups is 1. The zero-order valence-corrected chi connectivity index (χ0v) is 72.1. The summed E-state index contributed by atoms with van der Waals surface area (Å²) in [6.07, 6.45) is -8.54. The third-order valence-corrected chi connectivity index (χ3v) is 25.2. The normalized spacial score (nSPS) is 13.7. The highest BCUT2D eigenvalue weighted by atomic mass is 79.9. The number of ether oxygens (including phenoxy) is 3. The van der Waals surface area contributed by atoms with Crippen molar-refractivity contribution in [1.29, 1.82) is 0 Å². The van der Waals surface area contributed by atoms with Crippen LogP contribution in [0.1, 0.15) is 197 Å². The lowest BCUT2D eigenvalue weighted by atomic mass is 9.97. The molecular formula is C91H88BrF12N3O9S4. The molecule has 12 nitrogen and oxygen atoms in total. The molecule has 0 unspecified atom stereocenters. The molecule has 0 atom stereocenters. The van der Waals surface area contributed by atoms with Crippen LogP contribution in [0, 0.1) is 55.4 Å². The monoisotopic (exact) mass is 1800 g/mol. The van der Waals surface area contributed by atoms with Crippen LogP contribution in [0.3, 0.4) is 0 Å². The molecule has 3 aliphatic carbocycles. The van der Waals surface area contributed by atoms with E-state index in [1.165, 1.54) is 91.8 Å². The Morgan fingerprint density at radius 1 is 0.433 bits per heavy atom. The van der Waals surface area contributed by atoms with Gasteiger partial charge in [0.1, 0.15) is 0 Å². The van der Waals surface area contributed by atoms with Crippen LogP contribution < -0.4 is 11.1 Å². The number of hydrogen-bond acceptors (Lipinski definition) is 15. The standard InChI is InChI=1S/C26H24F3NO3S.C14H12BrF3S.C14H13F3S.C12H11NO3.C11H13NO2.C8H7F3O.C6H8S/c1-15-21(14-17-4-8-20(9-5-17)26(27,28)29)22(16(2)34-15)23(31)30-25(12-13-25)19-10-6-18(7-11-19)24(32)33-3;1-8-12(13(15)9(2)19-8)7-10-3-5-11(6-4-10)14(16,17)18;1-9-7-12(10(2)18-9)8-11-3-5-13(6-4-11)14(15,16)17;1-16-11(15)9-2-4-10(5-3-9)12(6-7-12)13-8-14;1-14-10(13)8-2-4-9(5-3-8)11(12)6-7-11;9-8(10,11)7-3-1-6(5-12)2-4-7;1-5-3-4-6(2)7-5/h4-11H,12-14H2,1-3H3,(H,30,31);3-6H,7H2,1-2H3;3-7H,8H2,1-2H3;2-5H,6-7H2,1H3;2-5H,6-7,12H2,1H3;1-4,12H,5H2;3-4H,1-2H3. The number of nitrogens with two attached hydrogens (primary N) is 1. The van der Waals surface area contributed by atoms with Gasteiger partial charge in [0.05, 0.1) is 83.5 Å². The highest BCUT2D eigenvalue weighted by molar-refractivity contribution is 9.10. The number of aryl methyl sites for hydroxylation is 8. The van der Waals surface area contributed by atoms with E-state index in [4.69, 9.17) is 15.6 Å². The molecule has 4 N–H and O–H groups in total. The van der Waals surface area contributed by atoms with Crippen LogP contribution in [0.2, 0.25) is 0 Å². The first-order valence-electron chi connectivity index (χ1n) is 37.3. The number of carbonyl (C=O) groups is 4. The van der Waals surface area contributed by atoms with Crippen molar-refractivity contribution < 1.29 is 96.0 Å². The highest BCUT2D eigenvalue weighted by Gasteiger charge is 2.47. The van der Waals surface area contributed by atoms with Crippen molar-refractivity contribution in [1.82, 2.24) is 5.32 Å². The van der Waals surface area contributed by atoms with Crippen molar-refractivity contribution in [3.8, 4) is 0 Å². The number of thiophene rings is 4. The van der Waals surface area contributed by atoms with E-state index >= 15 is 0 Å². The Labute approximate surface area is 712 Å². The Hall–Kier alpha value is -9.84. The van der Waals surface area contributed by atoms with Crippen LogP contribution in [-0.4, -0.2) is 56.3 Å². The van der Waals surface area contributed by atoms with Gasteiger partial charge in [-0.15, -0.1) is 45.3 Å². The summed E-state index contributed by atoms with van der Waals surface area (Å²) in [7, 11) is 4.04. The van der Waals surface area contributed by atoms with Crippen LogP contribution in [-0.2, 0) is 86.2 Å². The number of benzene rings is 7. The number of hydrogen-bond donors (Lipinski definition) is 3. The van der Waals surface area contributed by atoms with E-state index in [1.54, 1.807) is 102 Å². The van der Waals surface area contributed by atoms with Gasteiger partial charge in [0.15, 0.2) is 0 Å². The SMILES string of the molecule is COC(=O)c1ccc(C2(N)CC2)cc1.COC(=O)c1ccc(C2(N=C=O)CC2)cc1.COC(=O)c1ccc(C2(NC(=O)c3c(C)sc(C)c3Cc3ccc(C(F)(F)F)cc3)CC2)cc1.Cc1cc(Cc2ccc(C(F)(F)F)cc2)c(C)s1.Cc1ccc(C)s1.Cc1sc(C)c(Cc2ccc(C(F)(F)F)cc2)c1Br.OCc1ccc(C(F)(F)F)cc1. The molecule has 3 fully saturated rings. The van der Waals surface area contributed by atoms with Gasteiger partial charge in [-0.1, -0.05) is 84.9 Å². The molecule has 0 bridgehead atoms. The highest BCUT2D eigenvalue weighted by Crippen LogP contribution is 2.50. The molecule has 0 spiro atoms. The lowest BCUT2D eigenvalue weighted by molar-refractivity contribution is -0.138. The Morgan fingerprint density at radius 3 is 1.10 bits per heavy atom. The van der Waals surface area contributed by atoms with E-state index in [9.17, 15) is 76.7 Å². The zero-order valence-electron chi connectivity index (χ0n) is 67.3. The maximum Gasteiger partial charge on any atom is 0.416 e. The number of carbonyl (C=O) groups excluding carboxylic acids is 5. The van der Waals surface area contributed by atoms with Gasteiger partial charge in [0.25, 0.3) is 5.91 Å². The molecule has 120 heavy (non-hydrogen) atoms. The predicted octanol–water partition coefficient (Wildman–Crippen LogP) is 24.7. The maximum atomic E-state index is 13.4. The van der Waals surface area contributed by atoms with Crippen molar-refractivity contribution in [2.75, 3.05) is 21.3 Å². The van der Waals surface area contributed by atoms with Crippen LogP contribution in [0.15, 0.2) is 198 Å². The fraction of sp³-hybridized carbons (Fsp3) is 0.308. The minimum Gasteiger partial charge on any atom is -0.465 e. The summed E-state index contributed by atoms with van der Waals surface area (Å²) in [4.78, 5) is 71.0. The number of nitrogens with zero attached hydrogens (tertiary/aromatic N) is 1. The summed E-state index contributed by atoms with van der Waals surface area (Å²) in [5.74, 6) is -1.29. The molecule has 1 amide bonds. The lowest BCUT2D eigenvalue weighted by Crippen LogP contribution is -2.35. The first kappa shape index (κ1) is 95.6. The first-order chi connectivity index (χ1) is 56.4. The van der Waals surface area contributed by atoms with Crippen LogP contribution in [0.4, 0.5) is 52.7 Å². The number of isocyanates is 1. The second-order valence-electron chi connectivity index (χ2n) is 28.8. The van der Waals surface area contributed by atoms with Crippen molar-refractivity contribution >= 4 is 91.2 Å². The lowest BCUT2D eigenvalue weighted by Gasteiger charge is -2.19. The van der Waals surface area contributed by atoms with E-state index < -0.39 is 58.5 Å². The molecule has 0 radical (unpaired) electrons. The number of halogens is 13. The van der Waals surface area contributed by atoms with Gasteiger partial charge < -0.3 is 30.4 Å². The van der Waals surface area contributed by atoms with Gasteiger partial charge in [-0.2, -0.15) is 57.7 Å². The first-order valence-corrected chi connectivity index (χ1v) is 41.4. The summed E-state index contributed by atoms with van der Waals surface area (Å²) < 4.78 is 164. The van der Waals surface area contributed by atoms with Gasteiger partial charge in [0, 0.05) is 49.0 Å². The molecule has 11 aromatic rings. The van der Waals surface area contributed by atoms with Gasteiger partial charge >= 0.3 is 42.6 Å². The Morgan fingerprint density at radius 2 is 0.792 bits per heavy atom. The van der Waals surface area contributed by atoms with E-state index in [2.05, 4.69) is 67.8 Å². The summed E-state index contributed by atoms with van der Waals surface area (Å²) in [5.41, 5.74) is 13.6. The molecule has 4 heterocycles. The van der Waals surface area contributed by atoms with Crippen LogP contribution in [0.25, 0.3) is 0 Å². The molecule has 3 aliphatic rings. The summed E-state index contributed by atoms with van der Waals surface area (Å²) >= 11 is 10.3.